The summed E-state index contributed by atoms with van der Waals surface area (Å²) in [4.78, 5) is 27.7. The minimum absolute atomic E-state index is 0.158. The van der Waals surface area contributed by atoms with E-state index in [0.717, 1.165) is 0 Å². The molecule has 23 heavy (non-hydrogen) atoms. The van der Waals surface area contributed by atoms with Crippen molar-refractivity contribution in [3.63, 3.8) is 0 Å². The molecule has 8 nitrogen and oxygen atoms in total. The summed E-state index contributed by atoms with van der Waals surface area (Å²) in [6.45, 7) is -0.650. The topological polar surface area (TPSA) is 105 Å². The van der Waals surface area contributed by atoms with E-state index in [4.69, 9.17) is 44.6 Å². The number of thioether (sulfide) groups is 1. The molecule has 1 fully saturated rings. The fourth-order valence-corrected chi connectivity index (χ4v) is 3.17. The van der Waals surface area contributed by atoms with Crippen molar-refractivity contribution in [3.05, 3.63) is 22.7 Å². The maximum Gasteiger partial charge on any atom is 0.413 e. The lowest BCUT2D eigenvalue weighted by Crippen LogP contribution is -2.39. The van der Waals surface area contributed by atoms with Crippen molar-refractivity contribution in [1.82, 2.24) is 9.55 Å². The molecule has 0 bridgehead atoms. The molecule has 1 aliphatic rings. The predicted octanol–water partition coefficient (Wildman–Crippen LogP) is 1.68. The second-order valence-corrected chi connectivity index (χ2v) is 8.20. The number of nitrogens with zero attached hydrogens (tertiary/aromatic N) is 3. The van der Waals surface area contributed by atoms with E-state index in [1.165, 1.54) is 28.6 Å². The quantitative estimate of drug-likeness (QED) is 0.736. The monoisotopic (exact) mass is 403 g/mol. The smallest absolute Gasteiger partial charge is 0.413 e. The summed E-state index contributed by atoms with van der Waals surface area (Å²) in [5.74, 6) is 0.303. The predicted molar refractivity (Wildman–Crippen MR) is 87.6 cm³/mol. The van der Waals surface area contributed by atoms with Gasteiger partial charge in [0.1, 0.15) is 17.5 Å². The van der Waals surface area contributed by atoms with E-state index < -0.39 is 33.8 Å². The molecule has 0 aliphatic carbocycles. The highest BCUT2D eigenvalue weighted by molar-refractivity contribution is 8.00. The van der Waals surface area contributed by atoms with E-state index in [-0.39, 0.29) is 12.4 Å². The first-order chi connectivity index (χ1) is 10.7. The Labute approximate surface area is 149 Å². The van der Waals surface area contributed by atoms with Gasteiger partial charge in [0.25, 0.3) is 0 Å². The fourth-order valence-electron chi connectivity index (χ4n) is 1.88. The van der Waals surface area contributed by atoms with Crippen LogP contribution in [0.2, 0.25) is 0 Å². The van der Waals surface area contributed by atoms with E-state index in [1.54, 1.807) is 0 Å². The molecule has 2 heterocycles. The molecule has 2 N–H and O–H groups in total. The van der Waals surface area contributed by atoms with E-state index in [1.807, 2.05) is 0 Å². The van der Waals surface area contributed by atoms with Crippen molar-refractivity contribution in [1.29, 1.82) is 0 Å². The van der Waals surface area contributed by atoms with Gasteiger partial charge < -0.3 is 14.9 Å². The summed E-state index contributed by atoms with van der Waals surface area (Å²) < 4.78 is 4.81. The zero-order valence-electron chi connectivity index (χ0n) is 11.4. The molecule has 0 saturated carbocycles. The third-order valence-corrected chi connectivity index (χ3v) is 4.32. The molecular formula is C11H12Cl3N3O5S. The van der Waals surface area contributed by atoms with Crippen LogP contribution in [0.3, 0.4) is 0 Å². The van der Waals surface area contributed by atoms with Gasteiger partial charge in [-0.2, -0.15) is 4.98 Å². The summed E-state index contributed by atoms with van der Waals surface area (Å²) in [7, 11) is 0. The Hall–Kier alpha value is -0.710. The first kappa shape index (κ1) is 18.6. The second-order valence-electron chi connectivity index (χ2n) is 4.50. The number of amides is 1. The number of aliphatic hydroxyl groups is 1. The minimum Gasteiger partial charge on any atom is -0.465 e. The molecule has 0 aromatic carbocycles. The lowest BCUT2D eigenvalue weighted by Gasteiger charge is -2.22. The van der Waals surface area contributed by atoms with Crippen LogP contribution in [0.1, 0.15) is 6.23 Å². The molecule has 0 spiro atoms. The van der Waals surface area contributed by atoms with Gasteiger partial charge in [-0.1, -0.05) is 34.8 Å². The van der Waals surface area contributed by atoms with E-state index in [0.29, 0.717) is 10.7 Å². The Balaban J connectivity index is 2.24. The molecular weight excluding hydrogens is 393 g/mol. The number of aliphatic hydroxyl groups excluding tert-OH is 1. The summed E-state index contributed by atoms with van der Waals surface area (Å²) in [6.07, 6.45) is -0.643. The largest absolute Gasteiger partial charge is 0.465 e. The van der Waals surface area contributed by atoms with Crippen LogP contribution >= 0.6 is 46.6 Å². The SMILES string of the molecule is O=C(O)N(CC(Cl)(Cl)Cl)c1ccn([C@@H]2CS[C@H](CO)O2)c(=O)n1. The number of alkyl halides is 3. The van der Waals surface area contributed by atoms with Crippen LogP contribution in [-0.4, -0.2) is 54.0 Å². The zero-order valence-corrected chi connectivity index (χ0v) is 14.5. The van der Waals surface area contributed by atoms with Gasteiger partial charge in [0.15, 0.2) is 0 Å². The minimum atomic E-state index is -1.85. The highest BCUT2D eigenvalue weighted by Gasteiger charge is 2.31. The van der Waals surface area contributed by atoms with Crippen molar-refractivity contribution in [2.75, 3.05) is 23.8 Å². The molecule has 12 heteroatoms. The van der Waals surface area contributed by atoms with Crippen molar-refractivity contribution >= 4 is 58.5 Å². The van der Waals surface area contributed by atoms with Gasteiger partial charge in [0.05, 0.1) is 13.2 Å². The number of anilines is 1. The molecule has 2 rings (SSSR count). The van der Waals surface area contributed by atoms with Gasteiger partial charge in [0.2, 0.25) is 3.79 Å². The standard InChI is InChI=1S/C11H12Cl3N3O5S/c12-11(13,14)5-17(10(20)21)6-1-2-16(9(19)15-6)7-4-23-8(3-18)22-7/h1-2,7-8,18H,3-5H2,(H,20,21)/t7-,8+/m0/s1. The molecule has 2 atom stereocenters. The number of carbonyl (C=O) groups is 1. The molecule has 1 aliphatic heterocycles. The molecule has 1 saturated heterocycles. The molecule has 1 aromatic heterocycles. The maximum absolute atomic E-state index is 12.1. The zero-order chi connectivity index (χ0) is 17.2. The van der Waals surface area contributed by atoms with Gasteiger partial charge in [-0.15, -0.1) is 11.8 Å². The Morgan fingerprint density at radius 1 is 1.57 bits per heavy atom. The van der Waals surface area contributed by atoms with E-state index in [2.05, 4.69) is 4.98 Å². The number of hydrogen-bond donors (Lipinski definition) is 2. The second kappa shape index (κ2) is 7.45. The molecule has 1 amide bonds. The number of rotatable bonds is 4. The highest BCUT2D eigenvalue weighted by Crippen LogP contribution is 2.31. The van der Waals surface area contributed by atoms with Gasteiger partial charge in [-0.3, -0.25) is 9.47 Å². The van der Waals surface area contributed by atoms with Crippen molar-refractivity contribution in [3.8, 4) is 0 Å². The normalized spacial score (nSPS) is 21.4. The number of ether oxygens (including phenoxy) is 1. The summed E-state index contributed by atoms with van der Waals surface area (Å²) >= 11 is 18.2. The van der Waals surface area contributed by atoms with Crippen LogP contribution in [0.25, 0.3) is 0 Å². The lowest BCUT2D eigenvalue weighted by molar-refractivity contribution is -0.00630. The number of hydrogen-bond acceptors (Lipinski definition) is 6. The molecule has 0 radical (unpaired) electrons. The van der Waals surface area contributed by atoms with Gasteiger partial charge in [-0.05, 0) is 6.07 Å². The van der Waals surface area contributed by atoms with Gasteiger partial charge >= 0.3 is 11.8 Å². The molecule has 1 aromatic rings. The first-order valence-corrected chi connectivity index (χ1v) is 8.44. The van der Waals surface area contributed by atoms with Crippen LogP contribution in [0.4, 0.5) is 10.6 Å². The summed E-state index contributed by atoms with van der Waals surface area (Å²) in [5.41, 5.74) is -1.12. The Morgan fingerprint density at radius 3 is 2.74 bits per heavy atom. The number of aromatic nitrogens is 2. The summed E-state index contributed by atoms with van der Waals surface area (Å²) in [6, 6.07) is 1.31. The lowest BCUT2D eigenvalue weighted by atomic mass is 10.4. The maximum atomic E-state index is 12.1. The van der Waals surface area contributed by atoms with Gasteiger partial charge in [-0.25, -0.2) is 9.59 Å². The average Bonchev–Trinajstić information content (AvgIpc) is 2.92. The van der Waals surface area contributed by atoms with Crippen LogP contribution < -0.4 is 10.6 Å². The Kier molecular flexibility index (Phi) is 6.04. The van der Waals surface area contributed by atoms with Crippen molar-refractivity contribution in [2.24, 2.45) is 0 Å². The van der Waals surface area contributed by atoms with Crippen molar-refractivity contribution in [2.45, 2.75) is 15.5 Å². The third-order valence-electron chi connectivity index (χ3n) is 2.85. The fraction of sp³-hybridized carbons (Fsp3) is 0.545. The Morgan fingerprint density at radius 2 is 2.26 bits per heavy atom. The Bertz CT molecular complexity index is 638. The van der Waals surface area contributed by atoms with Crippen molar-refractivity contribution < 1.29 is 19.7 Å². The van der Waals surface area contributed by atoms with Crippen LogP contribution in [-0.2, 0) is 4.74 Å². The van der Waals surface area contributed by atoms with E-state index in [9.17, 15) is 14.7 Å². The third kappa shape index (κ3) is 4.88. The average molecular weight is 405 g/mol. The van der Waals surface area contributed by atoms with Gasteiger partial charge in [0, 0.05) is 11.9 Å². The highest BCUT2D eigenvalue weighted by atomic mass is 35.6. The number of carboxylic acid groups (broad SMARTS) is 1. The van der Waals surface area contributed by atoms with Crippen LogP contribution in [0.5, 0.6) is 0 Å². The first-order valence-electron chi connectivity index (χ1n) is 6.25. The van der Waals surface area contributed by atoms with E-state index >= 15 is 0 Å². The van der Waals surface area contributed by atoms with Crippen LogP contribution in [0.15, 0.2) is 17.1 Å². The molecule has 0 unspecified atom stereocenters. The molecule has 128 valence electrons. The number of halogens is 3. The van der Waals surface area contributed by atoms with Crippen LogP contribution in [0, 0.1) is 0 Å². The summed E-state index contributed by atoms with van der Waals surface area (Å²) in [5, 5.41) is 18.2.